The molecule has 2 N–H and O–H groups in total. The Kier molecular flexibility index (Phi) is 4.86. The number of hydrogen-bond acceptors (Lipinski definition) is 5. The average molecular weight is 296 g/mol. The Morgan fingerprint density at radius 2 is 2.10 bits per heavy atom. The van der Waals surface area contributed by atoms with Gasteiger partial charge in [-0.05, 0) is 28.8 Å². The maximum absolute atomic E-state index is 11.6. The van der Waals surface area contributed by atoms with E-state index in [2.05, 4.69) is 5.32 Å². The van der Waals surface area contributed by atoms with Crippen molar-refractivity contribution in [3.63, 3.8) is 0 Å². The molecule has 2 rings (SSSR count). The van der Waals surface area contributed by atoms with Crippen LogP contribution in [0.1, 0.15) is 30.9 Å². The molecule has 1 aromatic rings. The second-order valence-corrected chi connectivity index (χ2v) is 5.36. The molecule has 1 atom stereocenters. The van der Waals surface area contributed by atoms with Crippen molar-refractivity contribution < 1.29 is 19.5 Å². The van der Waals surface area contributed by atoms with Crippen molar-refractivity contribution in [3.05, 3.63) is 22.4 Å². The van der Waals surface area contributed by atoms with Crippen LogP contribution < -0.4 is 5.32 Å². The molecule has 1 saturated heterocycles. The van der Waals surface area contributed by atoms with Crippen LogP contribution in [-0.4, -0.2) is 40.8 Å². The largest absolute Gasteiger partial charge is 0.388 e. The highest BCUT2D eigenvalue weighted by Gasteiger charge is 2.30. The Bertz CT molecular complexity index is 484. The maximum atomic E-state index is 11.6. The fourth-order valence-electron chi connectivity index (χ4n) is 1.98. The fraction of sp³-hybridized carbons (Fsp3) is 0.462. The fourth-order valence-corrected chi connectivity index (χ4v) is 2.69. The predicted octanol–water partition coefficient (Wildman–Crippen LogP) is 0.437. The van der Waals surface area contributed by atoms with Crippen LogP contribution in [0.25, 0.3) is 0 Å². The molecule has 108 valence electrons. The topological polar surface area (TPSA) is 86.7 Å². The van der Waals surface area contributed by atoms with Gasteiger partial charge in [0.05, 0.1) is 6.10 Å². The van der Waals surface area contributed by atoms with Crippen LogP contribution in [0.2, 0.25) is 0 Å². The molecule has 1 unspecified atom stereocenters. The molecule has 20 heavy (non-hydrogen) atoms. The number of rotatable bonds is 6. The molecule has 0 aromatic carbocycles. The van der Waals surface area contributed by atoms with E-state index in [1.165, 1.54) is 11.3 Å². The minimum atomic E-state index is -0.614. The normalized spacial score (nSPS) is 16.6. The summed E-state index contributed by atoms with van der Waals surface area (Å²) in [4.78, 5) is 35.3. The van der Waals surface area contributed by atoms with Crippen molar-refractivity contribution in [2.24, 2.45) is 0 Å². The quantitative estimate of drug-likeness (QED) is 0.746. The van der Waals surface area contributed by atoms with Gasteiger partial charge < -0.3 is 10.4 Å². The molecular formula is C13H16N2O4S. The molecule has 0 radical (unpaired) electrons. The molecule has 1 aliphatic heterocycles. The molecule has 7 heteroatoms. The van der Waals surface area contributed by atoms with Gasteiger partial charge in [-0.3, -0.25) is 19.3 Å². The van der Waals surface area contributed by atoms with Crippen LogP contribution in [0.5, 0.6) is 0 Å². The van der Waals surface area contributed by atoms with Gasteiger partial charge in [0.1, 0.15) is 6.54 Å². The summed E-state index contributed by atoms with van der Waals surface area (Å²) in [6, 6.07) is 1.83. The summed E-state index contributed by atoms with van der Waals surface area (Å²) >= 11 is 1.50. The van der Waals surface area contributed by atoms with Gasteiger partial charge in [-0.25, -0.2) is 0 Å². The Morgan fingerprint density at radius 1 is 1.40 bits per heavy atom. The van der Waals surface area contributed by atoms with Gasteiger partial charge in [-0.15, -0.1) is 0 Å². The highest BCUT2D eigenvalue weighted by atomic mass is 32.1. The van der Waals surface area contributed by atoms with E-state index in [1.807, 2.05) is 16.8 Å². The van der Waals surface area contributed by atoms with E-state index in [1.54, 1.807) is 0 Å². The number of thiophene rings is 1. The lowest BCUT2D eigenvalue weighted by atomic mass is 10.1. The van der Waals surface area contributed by atoms with Gasteiger partial charge in [0, 0.05) is 19.4 Å². The van der Waals surface area contributed by atoms with Crippen molar-refractivity contribution >= 4 is 29.1 Å². The van der Waals surface area contributed by atoms with Crippen LogP contribution in [0, 0.1) is 0 Å². The van der Waals surface area contributed by atoms with E-state index in [0.717, 1.165) is 10.5 Å². The second-order valence-electron chi connectivity index (χ2n) is 4.58. The molecule has 1 aliphatic rings. The average Bonchev–Trinajstić information content (AvgIpc) is 3.04. The lowest BCUT2D eigenvalue weighted by molar-refractivity contribution is -0.142. The van der Waals surface area contributed by atoms with E-state index in [4.69, 9.17) is 0 Å². The minimum Gasteiger partial charge on any atom is -0.388 e. The SMILES string of the molecule is O=C(CN1C(=O)CCC1=O)NCCC(O)c1ccsc1. The number of hydrogen-bond donors (Lipinski definition) is 2. The Labute approximate surface area is 120 Å². The van der Waals surface area contributed by atoms with E-state index in [9.17, 15) is 19.5 Å². The van der Waals surface area contributed by atoms with Gasteiger partial charge >= 0.3 is 0 Å². The summed E-state index contributed by atoms with van der Waals surface area (Å²) in [5.74, 6) is -0.988. The van der Waals surface area contributed by atoms with Crippen molar-refractivity contribution in [2.75, 3.05) is 13.1 Å². The van der Waals surface area contributed by atoms with Gasteiger partial charge in [0.25, 0.3) is 0 Å². The third-order valence-corrected chi connectivity index (χ3v) is 3.83. The summed E-state index contributed by atoms with van der Waals surface area (Å²) in [6.07, 6.45) is 0.146. The van der Waals surface area contributed by atoms with Crippen LogP contribution >= 0.6 is 11.3 Å². The molecule has 0 spiro atoms. The first-order chi connectivity index (χ1) is 9.58. The molecule has 1 fully saturated rings. The van der Waals surface area contributed by atoms with E-state index in [0.29, 0.717) is 13.0 Å². The van der Waals surface area contributed by atoms with Gasteiger partial charge in [0.2, 0.25) is 17.7 Å². The smallest absolute Gasteiger partial charge is 0.240 e. The lowest BCUT2D eigenvalue weighted by Gasteiger charge is -2.14. The van der Waals surface area contributed by atoms with Crippen LogP contribution in [0.3, 0.4) is 0 Å². The van der Waals surface area contributed by atoms with Crippen molar-refractivity contribution in [1.82, 2.24) is 10.2 Å². The molecule has 2 heterocycles. The number of carbonyl (C=O) groups excluding carboxylic acids is 3. The predicted molar refractivity (Wildman–Crippen MR) is 72.9 cm³/mol. The number of carbonyl (C=O) groups is 3. The second kappa shape index (κ2) is 6.62. The van der Waals surface area contributed by atoms with Crippen molar-refractivity contribution in [2.45, 2.75) is 25.4 Å². The Hall–Kier alpha value is -1.73. The summed E-state index contributed by atoms with van der Waals surface area (Å²) < 4.78 is 0. The molecule has 0 bridgehead atoms. The first-order valence-corrected chi connectivity index (χ1v) is 7.32. The minimum absolute atomic E-state index is 0.184. The van der Waals surface area contributed by atoms with Gasteiger partial charge in [0.15, 0.2) is 0 Å². The van der Waals surface area contributed by atoms with Gasteiger partial charge in [-0.1, -0.05) is 0 Å². The van der Waals surface area contributed by atoms with E-state index in [-0.39, 0.29) is 37.1 Å². The standard InChI is InChI=1S/C13H16N2O4S/c16-10(9-4-6-20-8-9)3-5-14-11(17)7-15-12(18)1-2-13(15)19/h4,6,8,10,16H,1-3,5,7H2,(H,14,17). The summed E-state index contributed by atoms with van der Waals surface area (Å²) in [5, 5.41) is 16.2. The third kappa shape index (κ3) is 3.64. The highest BCUT2D eigenvalue weighted by Crippen LogP contribution is 2.18. The third-order valence-electron chi connectivity index (χ3n) is 3.12. The molecule has 6 nitrogen and oxygen atoms in total. The van der Waals surface area contributed by atoms with Crippen molar-refractivity contribution in [3.8, 4) is 0 Å². The molecule has 3 amide bonds. The number of imide groups is 1. The first-order valence-electron chi connectivity index (χ1n) is 6.38. The maximum Gasteiger partial charge on any atom is 0.240 e. The number of nitrogens with zero attached hydrogens (tertiary/aromatic N) is 1. The van der Waals surface area contributed by atoms with Gasteiger partial charge in [-0.2, -0.15) is 11.3 Å². The lowest BCUT2D eigenvalue weighted by Crippen LogP contribution is -2.40. The first kappa shape index (κ1) is 14.7. The number of amides is 3. The zero-order chi connectivity index (χ0) is 14.5. The zero-order valence-electron chi connectivity index (χ0n) is 10.9. The van der Waals surface area contributed by atoms with E-state index < -0.39 is 6.10 Å². The summed E-state index contributed by atoms with van der Waals surface area (Å²) in [6.45, 7) is 0.0677. The summed E-state index contributed by atoms with van der Waals surface area (Å²) in [7, 11) is 0. The monoisotopic (exact) mass is 296 g/mol. The Balaban J connectivity index is 1.70. The summed E-state index contributed by atoms with van der Waals surface area (Å²) in [5.41, 5.74) is 0.828. The molecule has 1 aromatic heterocycles. The van der Waals surface area contributed by atoms with Crippen LogP contribution in [-0.2, 0) is 14.4 Å². The molecule has 0 aliphatic carbocycles. The van der Waals surface area contributed by atoms with Crippen LogP contribution in [0.15, 0.2) is 16.8 Å². The highest BCUT2D eigenvalue weighted by molar-refractivity contribution is 7.07. The number of aliphatic hydroxyl groups is 1. The van der Waals surface area contributed by atoms with Crippen molar-refractivity contribution in [1.29, 1.82) is 0 Å². The Morgan fingerprint density at radius 3 is 2.70 bits per heavy atom. The number of likely N-dealkylation sites (tertiary alicyclic amines) is 1. The van der Waals surface area contributed by atoms with E-state index >= 15 is 0 Å². The molecule has 0 saturated carbocycles. The zero-order valence-corrected chi connectivity index (χ0v) is 11.7. The number of nitrogens with one attached hydrogen (secondary N) is 1. The number of aliphatic hydroxyl groups excluding tert-OH is 1. The molecular weight excluding hydrogens is 280 g/mol. The van der Waals surface area contributed by atoms with Crippen LogP contribution in [0.4, 0.5) is 0 Å².